The van der Waals surface area contributed by atoms with E-state index in [1.807, 2.05) is 4.90 Å². The zero-order valence-corrected chi connectivity index (χ0v) is 15.5. The number of rotatable bonds is 5. The van der Waals surface area contributed by atoms with E-state index < -0.39 is 27.2 Å². The van der Waals surface area contributed by atoms with E-state index in [9.17, 15) is 30.1 Å². The fourth-order valence-corrected chi connectivity index (χ4v) is 3.30. The van der Waals surface area contributed by atoms with E-state index in [0.717, 1.165) is 24.9 Å². The second-order valence-electron chi connectivity index (χ2n) is 6.36. The number of piperazine rings is 1. The highest BCUT2D eigenvalue weighted by Gasteiger charge is 2.33. The first-order valence-corrected chi connectivity index (χ1v) is 8.66. The number of benzene rings is 2. The number of nitro benzene ring substituents is 2. The number of carbonyl (C=O) groups excluding carboxylic acids is 1. The fraction of sp³-hybridized carbons (Fsp3) is 0.278. The van der Waals surface area contributed by atoms with Gasteiger partial charge in [-0.15, -0.1) is 0 Å². The van der Waals surface area contributed by atoms with Gasteiger partial charge in [0.1, 0.15) is 11.4 Å². The van der Waals surface area contributed by atoms with Gasteiger partial charge >= 0.3 is 5.97 Å². The molecular weight excluding hydrogens is 384 g/mol. The summed E-state index contributed by atoms with van der Waals surface area (Å²) in [5, 5.41) is 32.1. The van der Waals surface area contributed by atoms with Crippen molar-refractivity contribution in [2.45, 2.75) is 0 Å². The predicted molar refractivity (Wildman–Crippen MR) is 104 cm³/mol. The molecule has 11 nitrogen and oxygen atoms in total. The van der Waals surface area contributed by atoms with Gasteiger partial charge in [-0.1, -0.05) is 0 Å². The number of phenolic OH excluding ortho intramolecular Hbond substituents is 1. The molecule has 0 atom stereocenters. The van der Waals surface area contributed by atoms with Gasteiger partial charge in [0, 0.05) is 37.9 Å². The summed E-state index contributed by atoms with van der Waals surface area (Å²) in [6.07, 6.45) is 0. The van der Waals surface area contributed by atoms with E-state index in [1.54, 1.807) is 29.2 Å². The van der Waals surface area contributed by atoms with Crippen LogP contribution in [0.2, 0.25) is 0 Å². The first-order valence-electron chi connectivity index (χ1n) is 8.66. The first kappa shape index (κ1) is 19.9. The first-order chi connectivity index (χ1) is 13.8. The van der Waals surface area contributed by atoms with Gasteiger partial charge in [-0.05, 0) is 24.3 Å². The molecule has 0 aromatic heterocycles. The molecule has 2 aromatic rings. The molecule has 0 radical (unpaired) electrons. The number of nitrogens with zero attached hydrogens (tertiary/aromatic N) is 4. The van der Waals surface area contributed by atoms with Crippen LogP contribution in [0.4, 0.5) is 22.7 Å². The highest BCUT2D eigenvalue weighted by Crippen LogP contribution is 2.37. The van der Waals surface area contributed by atoms with Crippen molar-refractivity contribution >= 4 is 28.7 Å². The van der Waals surface area contributed by atoms with Crippen molar-refractivity contribution in [3.8, 4) is 5.75 Å². The Balaban J connectivity index is 1.95. The van der Waals surface area contributed by atoms with Crippen LogP contribution in [0.3, 0.4) is 0 Å². The maximum absolute atomic E-state index is 12.2. The van der Waals surface area contributed by atoms with Crippen molar-refractivity contribution in [2.24, 2.45) is 0 Å². The summed E-state index contributed by atoms with van der Waals surface area (Å²) in [4.78, 5) is 37.1. The van der Waals surface area contributed by atoms with Gasteiger partial charge in [0.2, 0.25) is 0 Å². The summed E-state index contributed by atoms with van der Waals surface area (Å²) in [5.41, 5.74) is -0.389. The summed E-state index contributed by atoms with van der Waals surface area (Å²) in [5.74, 6) is -0.732. The number of phenols is 1. The number of hydrogen-bond acceptors (Lipinski definition) is 9. The number of anilines is 2. The van der Waals surface area contributed by atoms with Crippen molar-refractivity contribution in [2.75, 3.05) is 43.1 Å². The molecule has 0 amide bonds. The minimum Gasteiger partial charge on any atom is -0.508 e. The van der Waals surface area contributed by atoms with E-state index in [-0.39, 0.29) is 17.0 Å². The average Bonchev–Trinajstić information content (AvgIpc) is 2.72. The van der Waals surface area contributed by atoms with Gasteiger partial charge in [-0.25, -0.2) is 4.79 Å². The van der Waals surface area contributed by atoms with Crippen LogP contribution < -0.4 is 9.80 Å². The van der Waals surface area contributed by atoms with Crippen molar-refractivity contribution in [3.05, 3.63) is 62.2 Å². The molecule has 0 unspecified atom stereocenters. The molecule has 1 N–H and O–H groups in total. The van der Waals surface area contributed by atoms with Crippen LogP contribution in [0, 0.1) is 20.2 Å². The normalized spacial score (nSPS) is 13.8. The van der Waals surface area contributed by atoms with Crippen LogP contribution in [0.1, 0.15) is 10.4 Å². The second-order valence-corrected chi connectivity index (χ2v) is 6.36. The van der Waals surface area contributed by atoms with Crippen molar-refractivity contribution in [1.29, 1.82) is 0 Å². The van der Waals surface area contributed by atoms with Crippen LogP contribution in [0.15, 0.2) is 36.4 Å². The molecule has 152 valence electrons. The van der Waals surface area contributed by atoms with E-state index in [0.29, 0.717) is 26.2 Å². The number of nitro groups is 2. The minimum absolute atomic E-state index is 0.0119. The molecule has 0 bridgehead atoms. The van der Waals surface area contributed by atoms with E-state index >= 15 is 0 Å². The zero-order chi connectivity index (χ0) is 21.1. The highest BCUT2D eigenvalue weighted by atomic mass is 16.6. The Kier molecular flexibility index (Phi) is 5.48. The lowest BCUT2D eigenvalue weighted by Crippen LogP contribution is -2.47. The third kappa shape index (κ3) is 4.03. The third-order valence-corrected chi connectivity index (χ3v) is 4.70. The molecule has 0 spiro atoms. The lowest BCUT2D eigenvalue weighted by atomic mass is 10.1. The molecule has 11 heteroatoms. The summed E-state index contributed by atoms with van der Waals surface area (Å²) in [6, 6.07) is 8.52. The zero-order valence-electron chi connectivity index (χ0n) is 15.5. The average molecular weight is 402 g/mol. The van der Waals surface area contributed by atoms with Gasteiger partial charge < -0.3 is 19.6 Å². The lowest BCUT2D eigenvalue weighted by Gasteiger charge is -2.37. The van der Waals surface area contributed by atoms with Crippen LogP contribution in [0.25, 0.3) is 0 Å². The number of non-ortho nitro benzene ring substituents is 1. The Morgan fingerprint density at radius 1 is 1.00 bits per heavy atom. The standard InChI is InChI=1S/C18H18N4O7/c1-29-18(24)15-10-13(21(25)26)11-16(22(27)28)17(15)20-8-6-19(7-9-20)12-2-4-14(23)5-3-12/h2-5,10-11,23H,6-9H2,1H3. The van der Waals surface area contributed by atoms with Crippen molar-refractivity contribution < 1.29 is 24.5 Å². The molecule has 1 aliphatic rings. The van der Waals surface area contributed by atoms with Crippen LogP contribution in [-0.4, -0.2) is 54.2 Å². The van der Waals surface area contributed by atoms with Crippen molar-refractivity contribution in [1.82, 2.24) is 0 Å². The predicted octanol–water partition coefficient (Wildman–Crippen LogP) is 2.32. The number of ether oxygens (including phenoxy) is 1. The van der Waals surface area contributed by atoms with Gasteiger partial charge in [-0.2, -0.15) is 0 Å². The van der Waals surface area contributed by atoms with E-state index in [4.69, 9.17) is 4.74 Å². The number of esters is 1. The van der Waals surface area contributed by atoms with Gasteiger partial charge in [0.15, 0.2) is 0 Å². The van der Waals surface area contributed by atoms with Gasteiger partial charge in [0.25, 0.3) is 11.4 Å². The van der Waals surface area contributed by atoms with Crippen LogP contribution >= 0.6 is 0 Å². The summed E-state index contributed by atoms with van der Waals surface area (Å²) in [6.45, 7) is 1.70. The fourth-order valence-electron chi connectivity index (χ4n) is 3.30. The summed E-state index contributed by atoms with van der Waals surface area (Å²) >= 11 is 0. The minimum atomic E-state index is -0.882. The Bertz CT molecular complexity index is 953. The summed E-state index contributed by atoms with van der Waals surface area (Å²) in [7, 11) is 1.11. The molecule has 0 aliphatic carbocycles. The number of aromatic hydroxyl groups is 1. The van der Waals surface area contributed by atoms with E-state index in [1.165, 1.54) is 0 Å². The SMILES string of the molecule is COC(=O)c1cc([N+](=O)[O-])cc([N+](=O)[O-])c1N1CCN(c2ccc(O)cc2)CC1. The maximum atomic E-state index is 12.2. The quantitative estimate of drug-likeness (QED) is 0.453. The van der Waals surface area contributed by atoms with E-state index in [2.05, 4.69) is 0 Å². The molecule has 2 aromatic carbocycles. The molecule has 29 heavy (non-hydrogen) atoms. The largest absolute Gasteiger partial charge is 0.508 e. The highest BCUT2D eigenvalue weighted by molar-refractivity contribution is 5.99. The Morgan fingerprint density at radius 3 is 2.10 bits per heavy atom. The number of carbonyl (C=O) groups is 1. The molecule has 1 fully saturated rings. The molecule has 0 saturated carbocycles. The van der Waals surface area contributed by atoms with Crippen molar-refractivity contribution in [3.63, 3.8) is 0 Å². The second kappa shape index (κ2) is 8.00. The Morgan fingerprint density at radius 2 is 1.59 bits per heavy atom. The molecule has 1 heterocycles. The van der Waals surface area contributed by atoms with Gasteiger partial charge in [0.05, 0.1) is 28.6 Å². The molecule has 1 aliphatic heterocycles. The number of methoxy groups -OCH3 is 1. The molecule has 3 rings (SSSR count). The molecule has 1 saturated heterocycles. The maximum Gasteiger partial charge on any atom is 0.340 e. The molecular formula is C18H18N4O7. The monoisotopic (exact) mass is 402 g/mol. The lowest BCUT2D eigenvalue weighted by molar-refractivity contribution is -0.393. The smallest absolute Gasteiger partial charge is 0.340 e. The number of hydrogen-bond donors (Lipinski definition) is 1. The van der Waals surface area contributed by atoms with Crippen LogP contribution in [0.5, 0.6) is 5.75 Å². The Hall–Kier alpha value is -3.89. The third-order valence-electron chi connectivity index (χ3n) is 4.70. The topological polar surface area (TPSA) is 139 Å². The Labute approximate surface area is 165 Å². The van der Waals surface area contributed by atoms with Gasteiger partial charge in [-0.3, -0.25) is 20.2 Å². The summed E-state index contributed by atoms with van der Waals surface area (Å²) < 4.78 is 4.69. The van der Waals surface area contributed by atoms with Crippen LogP contribution in [-0.2, 0) is 4.74 Å².